The van der Waals surface area contributed by atoms with Gasteiger partial charge in [-0.05, 0) is 24.6 Å². The predicted molar refractivity (Wildman–Crippen MR) is 70.5 cm³/mol. The molecular formula is C14H17NO5. The Kier molecular flexibility index (Phi) is 4.57. The molecule has 0 saturated carbocycles. The van der Waals surface area contributed by atoms with Crippen LogP contribution in [0.3, 0.4) is 0 Å². The molecule has 108 valence electrons. The van der Waals surface area contributed by atoms with E-state index >= 15 is 0 Å². The Morgan fingerprint density at radius 3 is 2.95 bits per heavy atom. The van der Waals surface area contributed by atoms with Crippen LogP contribution in [0.15, 0.2) is 24.3 Å². The second kappa shape index (κ2) is 6.38. The average Bonchev–Trinajstić information content (AvgIpc) is 2.85. The third kappa shape index (κ3) is 3.71. The molecule has 1 aliphatic heterocycles. The number of benzene rings is 1. The van der Waals surface area contributed by atoms with Crippen molar-refractivity contribution in [3.05, 3.63) is 29.8 Å². The molecule has 2 N–H and O–H groups in total. The molecule has 1 amide bonds. The van der Waals surface area contributed by atoms with Crippen molar-refractivity contribution in [2.24, 2.45) is 5.92 Å². The van der Waals surface area contributed by atoms with Crippen LogP contribution in [0.5, 0.6) is 5.75 Å². The number of carboxylic acids is 1. The smallest absolute Gasteiger partial charge is 0.311 e. The van der Waals surface area contributed by atoms with E-state index in [0.717, 1.165) is 5.56 Å². The van der Waals surface area contributed by atoms with Crippen LogP contribution < -0.4 is 10.1 Å². The van der Waals surface area contributed by atoms with E-state index in [1.807, 2.05) is 25.1 Å². The quantitative estimate of drug-likeness (QED) is 0.824. The lowest BCUT2D eigenvalue weighted by molar-refractivity contribution is -0.142. The van der Waals surface area contributed by atoms with Gasteiger partial charge in [-0.15, -0.1) is 0 Å². The monoisotopic (exact) mass is 279 g/mol. The first kappa shape index (κ1) is 14.3. The molecule has 1 fully saturated rings. The first-order chi connectivity index (χ1) is 9.56. The summed E-state index contributed by atoms with van der Waals surface area (Å²) in [5, 5.41) is 11.6. The Morgan fingerprint density at radius 2 is 2.25 bits per heavy atom. The van der Waals surface area contributed by atoms with E-state index < -0.39 is 17.9 Å². The van der Waals surface area contributed by atoms with Crippen molar-refractivity contribution in [3.8, 4) is 5.75 Å². The zero-order valence-electron chi connectivity index (χ0n) is 11.2. The highest BCUT2D eigenvalue weighted by atomic mass is 16.5. The van der Waals surface area contributed by atoms with Crippen LogP contribution in [0, 0.1) is 12.8 Å². The van der Waals surface area contributed by atoms with E-state index in [1.165, 1.54) is 0 Å². The van der Waals surface area contributed by atoms with Gasteiger partial charge in [0.2, 0.25) is 0 Å². The normalized spacial score (nSPS) is 21.4. The zero-order chi connectivity index (χ0) is 14.5. The molecular weight excluding hydrogens is 262 g/mol. The molecule has 0 aromatic heterocycles. The first-order valence-corrected chi connectivity index (χ1v) is 6.35. The highest BCUT2D eigenvalue weighted by molar-refractivity contribution is 5.79. The highest BCUT2D eigenvalue weighted by Crippen LogP contribution is 2.14. The molecule has 1 heterocycles. The average molecular weight is 279 g/mol. The van der Waals surface area contributed by atoms with E-state index in [-0.39, 0.29) is 25.7 Å². The van der Waals surface area contributed by atoms with Crippen molar-refractivity contribution in [3.63, 3.8) is 0 Å². The van der Waals surface area contributed by atoms with Crippen LogP contribution in [0.25, 0.3) is 0 Å². The minimum absolute atomic E-state index is 0.124. The number of hydrogen-bond donors (Lipinski definition) is 2. The summed E-state index contributed by atoms with van der Waals surface area (Å²) >= 11 is 0. The van der Waals surface area contributed by atoms with Gasteiger partial charge in [-0.3, -0.25) is 9.59 Å². The number of aryl methyl sites for hydroxylation is 1. The first-order valence-electron chi connectivity index (χ1n) is 6.35. The second-order valence-electron chi connectivity index (χ2n) is 4.76. The SMILES string of the molecule is Cc1cccc(OCC(=O)NC2COCC2C(=O)O)c1. The summed E-state index contributed by atoms with van der Waals surface area (Å²) < 4.78 is 10.4. The lowest BCUT2D eigenvalue weighted by atomic mass is 10.0. The van der Waals surface area contributed by atoms with Crippen molar-refractivity contribution >= 4 is 11.9 Å². The minimum Gasteiger partial charge on any atom is -0.484 e. The number of carboxylic acid groups (broad SMARTS) is 1. The number of hydrogen-bond acceptors (Lipinski definition) is 4. The highest BCUT2D eigenvalue weighted by Gasteiger charge is 2.34. The van der Waals surface area contributed by atoms with Crippen LogP contribution in [0.4, 0.5) is 0 Å². The summed E-state index contributed by atoms with van der Waals surface area (Å²) in [6.07, 6.45) is 0. The molecule has 0 aliphatic carbocycles. The fourth-order valence-electron chi connectivity index (χ4n) is 2.04. The molecule has 1 aliphatic rings. The Balaban J connectivity index is 1.82. The third-order valence-electron chi connectivity index (χ3n) is 3.10. The Bertz CT molecular complexity index is 502. The molecule has 1 saturated heterocycles. The maximum atomic E-state index is 11.7. The van der Waals surface area contributed by atoms with Gasteiger partial charge in [0.25, 0.3) is 5.91 Å². The minimum atomic E-state index is -0.965. The molecule has 20 heavy (non-hydrogen) atoms. The molecule has 0 bridgehead atoms. The van der Waals surface area contributed by atoms with E-state index in [2.05, 4.69) is 5.32 Å². The topological polar surface area (TPSA) is 84.9 Å². The van der Waals surface area contributed by atoms with Crippen molar-refractivity contribution < 1.29 is 24.2 Å². The van der Waals surface area contributed by atoms with E-state index in [0.29, 0.717) is 5.75 Å². The molecule has 0 spiro atoms. The summed E-state index contributed by atoms with van der Waals surface area (Å²) in [4.78, 5) is 22.7. The Morgan fingerprint density at radius 1 is 1.45 bits per heavy atom. The zero-order valence-corrected chi connectivity index (χ0v) is 11.2. The number of aliphatic carboxylic acids is 1. The summed E-state index contributed by atoms with van der Waals surface area (Å²) in [7, 11) is 0. The van der Waals surface area contributed by atoms with E-state index in [1.54, 1.807) is 6.07 Å². The van der Waals surface area contributed by atoms with Gasteiger partial charge in [0.05, 0.1) is 19.3 Å². The summed E-state index contributed by atoms with van der Waals surface area (Å²) in [5.74, 6) is -1.41. The Hall–Kier alpha value is -2.08. The molecule has 1 aromatic carbocycles. The van der Waals surface area contributed by atoms with Crippen LogP contribution in [0.2, 0.25) is 0 Å². The van der Waals surface area contributed by atoms with Gasteiger partial charge in [0.15, 0.2) is 6.61 Å². The lowest BCUT2D eigenvalue weighted by Crippen LogP contribution is -2.44. The van der Waals surface area contributed by atoms with Gasteiger partial charge in [-0.1, -0.05) is 12.1 Å². The molecule has 2 rings (SSSR count). The maximum absolute atomic E-state index is 11.7. The van der Waals surface area contributed by atoms with Gasteiger partial charge in [0, 0.05) is 0 Å². The number of amides is 1. The number of rotatable bonds is 5. The molecule has 0 radical (unpaired) electrons. The second-order valence-corrected chi connectivity index (χ2v) is 4.76. The van der Waals surface area contributed by atoms with Crippen molar-refractivity contribution in [2.75, 3.05) is 19.8 Å². The van der Waals surface area contributed by atoms with Crippen LogP contribution in [0.1, 0.15) is 5.56 Å². The van der Waals surface area contributed by atoms with Gasteiger partial charge >= 0.3 is 5.97 Å². The molecule has 6 heteroatoms. The fraction of sp³-hybridized carbons (Fsp3) is 0.429. The van der Waals surface area contributed by atoms with Crippen LogP contribution in [-0.2, 0) is 14.3 Å². The number of ether oxygens (including phenoxy) is 2. The van der Waals surface area contributed by atoms with Gasteiger partial charge in [-0.25, -0.2) is 0 Å². The van der Waals surface area contributed by atoms with E-state index in [9.17, 15) is 9.59 Å². The molecule has 2 unspecified atom stereocenters. The van der Waals surface area contributed by atoms with Crippen molar-refractivity contribution in [1.82, 2.24) is 5.32 Å². The summed E-state index contributed by atoms with van der Waals surface area (Å²) in [6.45, 7) is 2.12. The summed E-state index contributed by atoms with van der Waals surface area (Å²) in [6, 6.07) is 6.86. The largest absolute Gasteiger partial charge is 0.484 e. The lowest BCUT2D eigenvalue weighted by Gasteiger charge is -2.15. The van der Waals surface area contributed by atoms with Crippen LogP contribution in [-0.4, -0.2) is 42.8 Å². The predicted octanol–water partition coefficient (Wildman–Crippen LogP) is 0.590. The van der Waals surface area contributed by atoms with Crippen LogP contribution >= 0.6 is 0 Å². The molecule has 2 atom stereocenters. The van der Waals surface area contributed by atoms with E-state index in [4.69, 9.17) is 14.6 Å². The summed E-state index contributed by atoms with van der Waals surface area (Å²) in [5.41, 5.74) is 1.04. The van der Waals surface area contributed by atoms with Gasteiger partial charge in [0.1, 0.15) is 11.7 Å². The van der Waals surface area contributed by atoms with Gasteiger partial charge in [-0.2, -0.15) is 0 Å². The number of carbonyl (C=O) groups is 2. The van der Waals surface area contributed by atoms with Crippen molar-refractivity contribution in [2.45, 2.75) is 13.0 Å². The van der Waals surface area contributed by atoms with Crippen molar-refractivity contribution in [1.29, 1.82) is 0 Å². The Labute approximate surface area is 116 Å². The number of carbonyl (C=O) groups excluding carboxylic acids is 1. The third-order valence-corrected chi connectivity index (χ3v) is 3.10. The molecule has 6 nitrogen and oxygen atoms in total. The molecule has 1 aromatic rings. The van der Waals surface area contributed by atoms with Gasteiger partial charge < -0.3 is 19.9 Å². The maximum Gasteiger partial charge on any atom is 0.311 e. The standard InChI is InChI=1S/C14H17NO5/c1-9-3-2-4-10(5-9)20-8-13(16)15-12-7-19-6-11(12)14(17)18/h2-5,11-12H,6-8H2,1H3,(H,15,16)(H,17,18). The number of nitrogens with one attached hydrogen (secondary N) is 1. The fourth-order valence-corrected chi connectivity index (χ4v) is 2.04.